The molecule has 1 aromatic carbocycles. The molecule has 0 bridgehead atoms. The number of halogens is 1. The minimum Gasteiger partial charge on any atom is -0.398 e. The van der Waals surface area contributed by atoms with Gasteiger partial charge in [-0.2, -0.15) is 0 Å². The number of carbonyl (C=O) groups is 1. The van der Waals surface area contributed by atoms with Gasteiger partial charge in [0.2, 0.25) is 0 Å². The quantitative estimate of drug-likeness (QED) is 0.659. The van der Waals surface area contributed by atoms with Crippen molar-refractivity contribution in [2.75, 3.05) is 12.3 Å². The Hall–Kier alpha value is -1.42. The lowest BCUT2D eigenvalue weighted by atomic mass is 9.70. The van der Waals surface area contributed by atoms with Gasteiger partial charge in [0.25, 0.3) is 0 Å². The first-order valence-corrected chi connectivity index (χ1v) is 6.83. The summed E-state index contributed by atoms with van der Waals surface area (Å²) in [6.07, 6.45) is 4.70. The monoisotopic (exact) mass is 263 g/mol. The molecule has 3 rings (SSSR count). The van der Waals surface area contributed by atoms with E-state index in [1.54, 1.807) is 0 Å². The van der Waals surface area contributed by atoms with E-state index in [4.69, 9.17) is 10.5 Å². The molecule has 1 aliphatic heterocycles. The smallest absolute Gasteiger partial charge is 0.168 e. The maximum absolute atomic E-state index is 13.3. The highest BCUT2D eigenvalue weighted by atomic mass is 19.1. The zero-order valence-electron chi connectivity index (χ0n) is 10.8. The van der Waals surface area contributed by atoms with E-state index < -0.39 is 5.82 Å². The van der Waals surface area contributed by atoms with Crippen molar-refractivity contribution in [2.24, 2.45) is 5.92 Å². The minimum absolute atomic E-state index is 0.0356. The number of carbonyl (C=O) groups excluding carboxylic acids is 1. The number of ketones is 1. The second kappa shape index (κ2) is 4.60. The standard InChI is InChI=1S/C15H18FNO2/c16-11-2-3-13(17)12(8-11)14(18)10-4-7-19-15(9-10)5-1-6-15/h2-3,8,10H,1,4-7,9,17H2. The first kappa shape index (κ1) is 12.6. The van der Waals surface area contributed by atoms with Gasteiger partial charge in [-0.15, -0.1) is 0 Å². The Morgan fingerprint density at radius 2 is 2.21 bits per heavy atom. The summed E-state index contributed by atoms with van der Waals surface area (Å²) in [5.74, 6) is -0.535. The third kappa shape index (κ3) is 2.25. The number of Topliss-reactive ketones (excluding diaryl/α,β-unsaturated/α-hetero) is 1. The van der Waals surface area contributed by atoms with Crippen LogP contribution in [0.25, 0.3) is 0 Å². The molecule has 4 heteroatoms. The van der Waals surface area contributed by atoms with Gasteiger partial charge in [0.15, 0.2) is 5.78 Å². The van der Waals surface area contributed by atoms with Crippen LogP contribution < -0.4 is 5.73 Å². The van der Waals surface area contributed by atoms with Crippen LogP contribution >= 0.6 is 0 Å². The molecule has 1 heterocycles. The summed E-state index contributed by atoms with van der Waals surface area (Å²) >= 11 is 0. The van der Waals surface area contributed by atoms with Crippen LogP contribution in [0.4, 0.5) is 10.1 Å². The molecule has 1 aromatic rings. The topological polar surface area (TPSA) is 52.3 Å². The van der Waals surface area contributed by atoms with Crippen molar-refractivity contribution in [3.8, 4) is 0 Å². The van der Waals surface area contributed by atoms with Crippen LogP contribution in [0.5, 0.6) is 0 Å². The average molecular weight is 263 g/mol. The van der Waals surface area contributed by atoms with Gasteiger partial charge in [0.1, 0.15) is 5.82 Å². The van der Waals surface area contributed by atoms with E-state index in [1.165, 1.54) is 24.6 Å². The predicted octanol–water partition coefficient (Wildman–Crippen LogP) is 2.94. The molecule has 0 aromatic heterocycles. The Morgan fingerprint density at radius 1 is 1.42 bits per heavy atom. The molecule has 2 aliphatic rings. The summed E-state index contributed by atoms with van der Waals surface area (Å²) in [5.41, 5.74) is 6.39. The molecule has 1 atom stereocenters. The lowest BCUT2D eigenvalue weighted by molar-refractivity contribution is -0.137. The normalized spacial score (nSPS) is 25.0. The molecule has 3 nitrogen and oxygen atoms in total. The molecule has 1 saturated heterocycles. The van der Waals surface area contributed by atoms with E-state index in [2.05, 4.69) is 0 Å². The molecule has 0 radical (unpaired) electrons. The molecule has 19 heavy (non-hydrogen) atoms. The number of nitrogens with two attached hydrogens (primary N) is 1. The van der Waals surface area contributed by atoms with Gasteiger partial charge >= 0.3 is 0 Å². The second-order valence-corrected chi connectivity index (χ2v) is 5.67. The van der Waals surface area contributed by atoms with Crippen molar-refractivity contribution in [2.45, 2.75) is 37.7 Å². The lowest BCUT2D eigenvalue weighted by Crippen LogP contribution is -2.47. The van der Waals surface area contributed by atoms with Crippen LogP contribution in [0.15, 0.2) is 18.2 Å². The molecular formula is C15H18FNO2. The van der Waals surface area contributed by atoms with Gasteiger partial charge in [-0.05, 0) is 50.3 Å². The molecular weight excluding hydrogens is 245 g/mol. The Balaban J connectivity index is 1.81. The van der Waals surface area contributed by atoms with Crippen molar-refractivity contribution in [3.05, 3.63) is 29.6 Å². The van der Waals surface area contributed by atoms with Crippen molar-refractivity contribution in [1.82, 2.24) is 0 Å². The number of hydrogen-bond acceptors (Lipinski definition) is 3. The SMILES string of the molecule is Nc1ccc(F)cc1C(=O)C1CCOC2(CCC2)C1. The van der Waals surface area contributed by atoms with Crippen LogP contribution in [-0.4, -0.2) is 18.0 Å². The van der Waals surface area contributed by atoms with E-state index in [0.717, 1.165) is 19.3 Å². The maximum Gasteiger partial charge on any atom is 0.168 e. The van der Waals surface area contributed by atoms with Gasteiger partial charge in [-0.3, -0.25) is 4.79 Å². The number of hydrogen-bond donors (Lipinski definition) is 1. The van der Waals surface area contributed by atoms with Gasteiger partial charge < -0.3 is 10.5 Å². The van der Waals surface area contributed by atoms with E-state index in [-0.39, 0.29) is 17.3 Å². The van der Waals surface area contributed by atoms with E-state index in [9.17, 15) is 9.18 Å². The maximum atomic E-state index is 13.3. The highest BCUT2D eigenvalue weighted by Crippen LogP contribution is 2.45. The molecule has 1 unspecified atom stereocenters. The van der Waals surface area contributed by atoms with Gasteiger partial charge in [-0.1, -0.05) is 0 Å². The first-order chi connectivity index (χ1) is 9.10. The number of ether oxygens (including phenoxy) is 1. The fraction of sp³-hybridized carbons (Fsp3) is 0.533. The molecule has 1 aliphatic carbocycles. The van der Waals surface area contributed by atoms with Gasteiger partial charge in [0, 0.05) is 23.8 Å². The average Bonchev–Trinajstić information content (AvgIpc) is 2.39. The summed E-state index contributed by atoms with van der Waals surface area (Å²) in [5, 5.41) is 0. The van der Waals surface area contributed by atoms with Crippen LogP contribution in [0, 0.1) is 11.7 Å². The number of rotatable bonds is 2. The Morgan fingerprint density at radius 3 is 2.89 bits per heavy atom. The van der Waals surface area contributed by atoms with Crippen molar-refractivity contribution in [3.63, 3.8) is 0 Å². The molecule has 102 valence electrons. The lowest BCUT2D eigenvalue weighted by Gasteiger charge is -2.46. The van der Waals surface area contributed by atoms with E-state index in [1.807, 2.05) is 0 Å². The zero-order valence-corrected chi connectivity index (χ0v) is 10.8. The highest BCUT2D eigenvalue weighted by molar-refractivity contribution is 6.02. The van der Waals surface area contributed by atoms with Crippen LogP contribution in [0.2, 0.25) is 0 Å². The fourth-order valence-electron chi connectivity index (χ4n) is 3.13. The third-order valence-corrected chi connectivity index (χ3v) is 4.41. The zero-order chi connectivity index (χ0) is 13.5. The van der Waals surface area contributed by atoms with Crippen LogP contribution in [0.1, 0.15) is 42.5 Å². The summed E-state index contributed by atoms with van der Waals surface area (Å²) in [6, 6.07) is 3.99. The second-order valence-electron chi connectivity index (χ2n) is 5.67. The van der Waals surface area contributed by atoms with Crippen molar-refractivity contribution >= 4 is 11.5 Å². The third-order valence-electron chi connectivity index (χ3n) is 4.41. The summed E-state index contributed by atoms with van der Waals surface area (Å²) in [4.78, 5) is 12.5. The Kier molecular flexibility index (Phi) is 3.05. The van der Waals surface area contributed by atoms with E-state index in [0.29, 0.717) is 24.3 Å². The molecule has 1 spiro atoms. The predicted molar refractivity (Wildman–Crippen MR) is 70.4 cm³/mol. The summed E-state index contributed by atoms with van der Waals surface area (Å²) < 4.78 is 19.1. The fourth-order valence-corrected chi connectivity index (χ4v) is 3.13. The van der Waals surface area contributed by atoms with Crippen LogP contribution in [0.3, 0.4) is 0 Å². The van der Waals surface area contributed by atoms with Gasteiger partial charge in [-0.25, -0.2) is 4.39 Å². The number of benzene rings is 1. The highest BCUT2D eigenvalue weighted by Gasteiger charge is 2.44. The summed E-state index contributed by atoms with van der Waals surface area (Å²) in [6.45, 7) is 0.617. The summed E-state index contributed by atoms with van der Waals surface area (Å²) in [7, 11) is 0. The first-order valence-electron chi connectivity index (χ1n) is 6.83. The van der Waals surface area contributed by atoms with Crippen LogP contribution in [-0.2, 0) is 4.74 Å². The molecule has 2 N–H and O–H groups in total. The molecule has 2 fully saturated rings. The largest absolute Gasteiger partial charge is 0.398 e. The number of anilines is 1. The Labute approximate surface area is 111 Å². The molecule has 1 saturated carbocycles. The number of nitrogen functional groups attached to an aromatic ring is 1. The minimum atomic E-state index is -0.414. The van der Waals surface area contributed by atoms with E-state index >= 15 is 0 Å². The van der Waals surface area contributed by atoms with Crippen molar-refractivity contribution in [1.29, 1.82) is 0 Å². The Bertz CT molecular complexity index is 511. The van der Waals surface area contributed by atoms with Gasteiger partial charge in [0.05, 0.1) is 5.60 Å². The molecule has 0 amide bonds. The van der Waals surface area contributed by atoms with Crippen molar-refractivity contribution < 1.29 is 13.9 Å².